The summed E-state index contributed by atoms with van der Waals surface area (Å²) in [6.45, 7) is 4.85. The van der Waals surface area contributed by atoms with Crippen molar-refractivity contribution >= 4 is 11.8 Å². The van der Waals surface area contributed by atoms with Crippen LogP contribution in [0.4, 0.5) is 0 Å². The van der Waals surface area contributed by atoms with Gasteiger partial charge < -0.3 is 5.73 Å². The van der Waals surface area contributed by atoms with Crippen molar-refractivity contribution in [1.29, 1.82) is 0 Å². The highest BCUT2D eigenvalue weighted by molar-refractivity contribution is 7.99. The Morgan fingerprint density at radius 1 is 1.27 bits per heavy atom. The van der Waals surface area contributed by atoms with E-state index in [2.05, 4.69) is 50.0 Å². The van der Waals surface area contributed by atoms with Crippen molar-refractivity contribution in [3.8, 4) is 11.8 Å². The minimum absolute atomic E-state index is 0.422. The normalized spacial score (nSPS) is 9.87. The van der Waals surface area contributed by atoms with E-state index in [1.54, 1.807) is 0 Å². The van der Waals surface area contributed by atoms with E-state index < -0.39 is 0 Å². The van der Waals surface area contributed by atoms with Crippen molar-refractivity contribution < 1.29 is 0 Å². The van der Waals surface area contributed by atoms with E-state index in [4.69, 9.17) is 5.73 Å². The molecule has 2 N–H and O–H groups in total. The van der Waals surface area contributed by atoms with Crippen LogP contribution in [0.25, 0.3) is 0 Å². The highest BCUT2D eigenvalue weighted by atomic mass is 32.2. The summed E-state index contributed by atoms with van der Waals surface area (Å²) in [5.41, 5.74) is 7.70. The Kier molecular flexibility index (Phi) is 5.31. The van der Waals surface area contributed by atoms with Crippen molar-refractivity contribution in [2.24, 2.45) is 5.73 Å². The van der Waals surface area contributed by atoms with Gasteiger partial charge in [0.2, 0.25) is 0 Å². The van der Waals surface area contributed by atoms with E-state index >= 15 is 0 Å². The van der Waals surface area contributed by atoms with Crippen molar-refractivity contribution in [2.45, 2.75) is 24.9 Å². The molecule has 0 saturated heterocycles. The molecule has 0 amide bonds. The average molecular weight is 219 g/mol. The van der Waals surface area contributed by atoms with Gasteiger partial charge in [-0.1, -0.05) is 37.8 Å². The summed E-state index contributed by atoms with van der Waals surface area (Å²) >= 11 is 1.95. The monoisotopic (exact) mass is 219 g/mol. The first-order valence-electron chi connectivity index (χ1n) is 5.12. The van der Waals surface area contributed by atoms with Crippen LogP contribution >= 0.6 is 11.8 Å². The van der Waals surface area contributed by atoms with Gasteiger partial charge in [-0.15, -0.1) is 0 Å². The lowest BCUT2D eigenvalue weighted by Crippen LogP contribution is -1.93. The number of hydrogen-bond acceptors (Lipinski definition) is 2. The highest BCUT2D eigenvalue weighted by Gasteiger charge is 1.96. The fraction of sp³-hybridized carbons (Fsp3) is 0.385. The van der Waals surface area contributed by atoms with E-state index in [1.165, 1.54) is 5.56 Å². The molecule has 2 heteroatoms. The topological polar surface area (TPSA) is 26.0 Å². The van der Waals surface area contributed by atoms with Crippen LogP contribution in [0, 0.1) is 11.8 Å². The molecule has 0 bridgehead atoms. The SMILES string of the molecule is CC(C)SCc1ccc(C#CCN)cc1. The number of benzene rings is 1. The maximum absolute atomic E-state index is 5.31. The highest BCUT2D eigenvalue weighted by Crippen LogP contribution is 2.17. The second-order valence-electron chi connectivity index (χ2n) is 3.56. The quantitative estimate of drug-likeness (QED) is 0.791. The third kappa shape index (κ3) is 4.92. The van der Waals surface area contributed by atoms with Crippen LogP contribution in [-0.2, 0) is 5.75 Å². The molecule has 80 valence electrons. The zero-order valence-electron chi connectivity index (χ0n) is 9.29. The minimum atomic E-state index is 0.422. The van der Waals surface area contributed by atoms with Gasteiger partial charge in [-0.3, -0.25) is 0 Å². The minimum Gasteiger partial charge on any atom is -0.320 e. The van der Waals surface area contributed by atoms with E-state index in [0.29, 0.717) is 11.8 Å². The van der Waals surface area contributed by atoms with Crippen molar-refractivity contribution in [1.82, 2.24) is 0 Å². The summed E-state index contributed by atoms with van der Waals surface area (Å²) in [6, 6.07) is 8.38. The molecule has 0 aromatic heterocycles. The molecule has 0 radical (unpaired) electrons. The predicted octanol–water partition coefficient (Wildman–Crippen LogP) is 2.64. The standard InChI is InChI=1S/C13H17NS/c1-11(2)15-10-13-7-5-12(6-8-13)4-3-9-14/h5-8,11H,9-10,14H2,1-2H3. The number of hydrogen-bond donors (Lipinski definition) is 1. The molecule has 15 heavy (non-hydrogen) atoms. The zero-order valence-corrected chi connectivity index (χ0v) is 10.1. The Morgan fingerprint density at radius 2 is 1.93 bits per heavy atom. The van der Waals surface area contributed by atoms with Crippen molar-refractivity contribution in [3.05, 3.63) is 35.4 Å². The lowest BCUT2D eigenvalue weighted by atomic mass is 10.1. The first-order chi connectivity index (χ1) is 7.22. The maximum Gasteiger partial charge on any atom is 0.0555 e. The van der Waals surface area contributed by atoms with Gasteiger partial charge in [0, 0.05) is 11.3 Å². The molecule has 0 aliphatic carbocycles. The summed E-state index contributed by atoms with van der Waals surface area (Å²) in [6.07, 6.45) is 0. The lowest BCUT2D eigenvalue weighted by Gasteiger charge is -2.04. The van der Waals surface area contributed by atoms with Crippen molar-refractivity contribution in [2.75, 3.05) is 6.54 Å². The Hall–Kier alpha value is -0.910. The van der Waals surface area contributed by atoms with Gasteiger partial charge >= 0.3 is 0 Å². The van der Waals surface area contributed by atoms with Gasteiger partial charge in [-0.05, 0) is 22.9 Å². The summed E-state index contributed by atoms with van der Waals surface area (Å²) < 4.78 is 0. The van der Waals surface area contributed by atoms with Crippen LogP contribution in [0.3, 0.4) is 0 Å². The third-order valence-electron chi connectivity index (χ3n) is 1.87. The van der Waals surface area contributed by atoms with Crippen LogP contribution in [0.1, 0.15) is 25.0 Å². The number of nitrogens with two attached hydrogens (primary N) is 1. The summed E-state index contributed by atoms with van der Waals surface area (Å²) in [7, 11) is 0. The summed E-state index contributed by atoms with van der Waals surface area (Å²) in [5, 5.41) is 0.682. The Bertz CT molecular complexity index is 343. The molecule has 1 aromatic rings. The molecule has 0 fully saturated rings. The van der Waals surface area contributed by atoms with Gasteiger partial charge in [-0.25, -0.2) is 0 Å². The molecule has 0 aliphatic heterocycles. The number of thioether (sulfide) groups is 1. The fourth-order valence-electron chi connectivity index (χ4n) is 1.10. The van der Waals surface area contributed by atoms with Crippen LogP contribution in [0.5, 0.6) is 0 Å². The predicted molar refractivity (Wildman–Crippen MR) is 68.8 cm³/mol. The maximum atomic E-state index is 5.31. The molecule has 0 unspecified atom stereocenters. The van der Waals surface area contributed by atoms with E-state index in [1.807, 2.05) is 11.8 Å². The Balaban J connectivity index is 2.56. The van der Waals surface area contributed by atoms with Gasteiger partial charge in [0.25, 0.3) is 0 Å². The smallest absolute Gasteiger partial charge is 0.0555 e. The van der Waals surface area contributed by atoms with E-state index in [0.717, 1.165) is 11.3 Å². The molecule has 0 heterocycles. The molecule has 1 aromatic carbocycles. The molecular weight excluding hydrogens is 202 g/mol. The van der Waals surface area contributed by atoms with Crippen LogP contribution in [0.15, 0.2) is 24.3 Å². The Labute approximate surface area is 96.4 Å². The molecular formula is C13H17NS. The van der Waals surface area contributed by atoms with E-state index in [9.17, 15) is 0 Å². The van der Waals surface area contributed by atoms with Gasteiger partial charge in [0.1, 0.15) is 0 Å². The molecule has 1 rings (SSSR count). The molecule has 1 nitrogen and oxygen atoms in total. The van der Waals surface area contributed by atoms with Crippen LogP contribution < -0.4 is 5.73 Å². The largest absolute Gasteiger partial charge is 0.320 e. The fourth-order valence-corrected chi connectivity index (χ4v) is 1.82. The molecule has 0 spiro atoms. The third-order valence-corrected chi connectivity index (χ3v) is 3.04. The first kappa shape index (κ1) is 12.2. The first-order valence-corrected chi connectivity index (χ1v) is 6.16. The lowest BCUT2D eigenvalue weighted by molar-refractivity contribution is 1.11. The second-order valence-corrected chi connectivity index (χ2v) is 5.13. The number of rotatable bonds is 3. The van der Waals surface area contributed by atoms with Gasteiger partial charge in [0.15, 0.2) is 0 Å². The second kappa shape index (κ2) is 6.55. The molecule has 0 aliphatic rings. The van der Waals surface area contributed by atoms with Gasteiger partial charge in [-0.2, -0.15) is 11.8 Å². The van der Waals surface area contributed by atoms with Crippen molar-refractivity contribution in [3.63, 3.8) is 0 Å². The van der Waals surface area contributed by atoms with E-state index in [-0.39, 0.29) is 0 Å². The van der Waals surface area contributed by atoms with Crippen LogP contribution in [-0.4, -0.2) is 11.8 Å². The molecule has 0 saturated carbocycles. The van der Waals surface area contributed by atoms with Gasteiger partial charge in [0.05, 0.1) is 6.54 Å². The summed E-state index contributed by atoms with van der Waals surface area (Å²) in [5.74, 6) is 6.93. The zero-order chi connectivity index (χ0) is 11.1. The molecule has 0 atom stereocenters. The van der Waals surface area contributed by atoms with Crippen LogP contribution in [0.2, 0.25) is 0 Å². The summed E-state index contributed by atoms with van der Waals surface area (Å²) in [4.78, 5) is 0. The average Bonchev–Trinajstić information content (AvgIpc) is 2.25. The Morgan fingerprint density at radius 3 is 2.47 bits per heavy atom.